The van der Waals surface area contributed by atoms with Crippen LogP contribution in [0.2, 0.25) is 5.02 Å². The van der Waals surface area contributed by atoms with E-state index >= 15 is 0 Å². The summed E-state index contributed by atoms with van der Waals surface area (Å²) in [6.07, 6.45) is 2.12. The van der Waals surface area contributed by atoms with Crippen molar-refractivity contribution in [1.82, 2.24) is 9.88 Å². The van der Waals surface area contributed by atoms with Crippen molar-refractivity contribution in [3.05, 3.63) is 35.0 Å². The number of carbonyl (C=O) groups is 2. The fraction of sp³-hybridized carbons (Fsp3) is 0.312. The Labute approximate surface area is 148 Å². The molecule has 24 heavy (non-hydrogen) atoms. The zero-order valence-electron chi connectivity index (χ0n) is 12.9. The van der Waals surface area contributed by atoms with E-state index in [2.05, 4.69) is 4.98 Å². The highest BCUT2D eigenvalue weighted by Crippen LogP contribution is 2.35. The Bertz CT molecular complexity index is 788. The number of hydrogen-bond acceptors (Lipinski definition) is 5. The molecule has 1 fully saturated rings. The van der Waals surface area contributed by atoms with Crippen LogP contribution in [-0.4, -0.2) is 34.8 Å². The predicted molar refractivity (Wildman–Crippen MR) is 94.8 cm³/mol. The SMILES string of the molecule is NC(=O)CN(CC1CC1)C(=O)c1nc(N)sc1-c1cccc(Cl)c1. The molecule has 6 nitrogen and oxygen atoms in total. The lowest BCUT2D eigenvalue weighted by atomic mass is 10.1. The second-order valence-electron chi connectivity index (χ2n) is 5.84. The van der Waals surface area contributed by atoms with Crippen LogP contribution in [0.25, 0.3) is 10.4 Å². The first-order valence-electron chi connectivity index (χ1n) is 7.54. The van der Waals surface area contributed by atoms with Gasteiger partial charge in [0.1, 0.15) is 5.69 Å². The van der Waals surface area contributed by atoms with E-state index in [9.17, 15) is 9.59 Å². The minimum Gasteiger partial charge on any atom is -0.375 e. The number of aromatic nitrogens is 1. The van der Waals surface area contributed by atoms with Crippen LogP contribution >= 0.6 is 22.9 Å². The number of rotatable bonds is 6. The monoisotopic (exact) mass is 364 g/mol. The van der Waals surface area contributed by atoms with E-state index in [1.165, 1.54) is 16.2 Å². The number of hydrogen-bond donors (Lipinski definition) is 2. The van der Waals surface area contributed by atoms with Crippen LogP contribution in [0, 0.1) is 5.92 Å². The molecule has 1 aromatic heterocycles. The van der Waals surface area contributed by atoms with Crippen molar-refractivity contribution in [3.8, 4) is 10.4 Å². The second-order valence-corrected chi connectivity index (χ2v) is 7.30. The quantitative estimate of drug-likeness (QED) is 0.821. The summed E-state index contributed by atoms with van der Waals surface area (Å²) in [7, 11) is 0. The van der Waals surface area contributed by atoms with Gasteiger partial charge in [0.15, 0.2) is 5.13 Å². The Kier molecular flexibility index (Phi) is 4.73. The van der Waals surface area contributed by atoms with Gasteiger partial charge < -0.3 is 16.4 Å². The van der Waals surface area contributed by atoms with E-state index in [-0.39, 0.29) is 18.1 Å². The van der Waals surface area contributed by atoms with Crippen LogP contribution in [-0.2, 0) is 4.79 Å². The molecule has 0 atom stereocenters. The number of primary amides is 1. The van der Waals surface area contributed by atoms with Gasteiger partial charge >= 0.3 is 0 Å². The number of anilines is 1. The maximum absolute atomic E-state index is 12.9. The summed E-state index contributed by atoms with van der Waals surface area (Å²) in [5.74, 6) is -0.445. The van der Waals surface area contributed by atoms with Crippen molar-refractivity contribution in [2.24, 2.45) is 11.7 Å². The first kappa shape index (κ1) is 16.7. The maximum atomic E-state index is 12.9. The Morgan fingerprint density at radius 1 is 1.38 bits per heavy atom. The Balaban J connectivity index is 1.94. The van der Waals surface area contributed by atoms with E-state index in [0.29, 0.717) is 27.5 Å². The predicted octanol–water partition coefficient (Wildman–Crippen LogP) is 2.38. The highest BCUT2D eigenvalue weighted by molar-refractivity contribution is 7.19. The fourth-order valence-corrected chi connectivity index (χ4v) is 3.49. The van der Waals surface area contributed by atoms with Crippen molar-refractivity contribution in [3.63, 3.8) is 0 Å². The van der Waals surface area contributed by atoms with Crippen molar-refractivity contribution >= 4 is 39.9 Å². The molecule has 2 aromatic rings. The topological polar surface area (TPSA) is 102 Å². The molecule has 0 bridgehead atoms. The van der Waals surface area contributed by atoms with E-state index in [4.69, 9.17) is 23.1 Å². The maximum Gasteiger partial charge on any atom is 0.274 e. The highest BCUT2D eigenvalue weighted by Gasteiger charge is 2.30. The Morgan fingerprint density at radius 2 is 2.12 bits per heavy atom. The molecule has 0 unspecified atom stereocenters. The lowest BCUT2D eigenvalue weighted by molar-refractivity contribution is -0.118. The van der Waals surface area contributed by atoms with Crippen molar-refractivity contribution in [2.45, 2.75) is 12.8 Å². The molecule has 0 saturated heterocycles. The van der Waals surface area contributed by atoms with Gasteiger partial charge in [-0.25, -0.2) is 4.98 Å². The number of halogens is 1. The molecule has 1 aromatic carbocycles. The summed E-state index contributed by atoms with van der Waals surface area (Å²) in [5.41, 5.74) is 12.1. The van der Waals surface area contributed by atoms with E-state index in [0.717, 1.165) is 18.4 Å². The zero-order chi connectivity index (χ0) is 17.3. The average Bonchev–Trinajstić information content (AvgIpc) is 3.25. The Hall–Kier alpha value is -2.12. The largest absolute Gasteiger partial charge is 0.375 e. The van der Waals surface area contributed by atoms with Gasteiger partial charge in [-0.1, -0.05) is 35.1 Å². The molecule has 0 radical (unpaired) electrons. The number of thiazole rings is 1. The van der Waals surface area contributed by atoms with E-state index in [1.807, 2.05) is 6.07 Å². The zero-order valence-corrected chi connectivity index (χ0v) is 14.4. The first-order valence-corrected chi connectivity index (χ1v) is 8.73. The van der Waals surface area contributed by atoms with Crippen LogP contribution in [0.4, 0.5) is 5.13 Å². The number of nitrogens with two attached hydrogens (primary N) is 2. The van der Waals surface area contributed by atoms with Gasteiger partial charge in [0.05, 0.1) is 11.4 Å². The van der Waals surface area contributed by atoms with E-state index in [1.54, 1.807) is 18.2 Å². The van der Waals surface area contributed by atoms with Crippen LogP contribution in [0.3, 0.4) is 0 Å². The number of nitrogens with zero attached hydrogens (tertiary/aromatic N) is 2. The lowest BCUT2D eigenvalue weighted by Crippen LogP contribution is -2.40. The lowest BCUT2D eigenvalue weighted by Gasteiger charge is -2.20. The fourth-order valence-electron chi connectivity index (χ4n) is 2.48. The smallest absolute Gasteiger partial charge is 0.274 e. The minimum absolute atomic E-state index is 0.123. The molecule has 3 rings (SSSR count). The molecular weight excluding hydrogens is 348 g/mol. The van der Waals surface area contributed by atoms with Gasteiger partial charge in [0, 0.05) is 11.6 Å². The number of nitrogen functional groups attached to an aromatic ring is 1. The molecule has 0 spiro atoms. The molecule has 1 aliphatic rings. The summed E-state index contributed by atoms with van der Waals surface area (Å²) in [5, 5.41) is 0.851. The van der Waals surface area contributed by atoms with Crippen LogP contribution in [0.5, 0.6) is 0 Å². The number of carbonyl (C=O) groups excluding carboxylic acids is 2. The second kappa shape index (κ2) is 6.78. The summed E-state index contributed by atoms with van der Waals surface area (Å²) < 4.78 is 0. The molecule has 8 heteroatoms. The van der Waals surface area contributed by atoms with Crippen molar-refractivity contribution in [2.75, 3.05) is 18.8 Å². The van der Waals surface area contributed by atoms with Gasteiger partial charge in [0.25, 0.3) is 5.91 Å². The van der Waals surface area contributed by atoms with Crippen molar-refractivity contribution in [1.29, 1.82) is 0 Å². The molecular formula is C16H17ClN4O2S. The summed E-state index contributed by atoms with van der Waals surface area (Å²) in [6, 6.07) is 7.15. The van der Waals surface area contributed by atoms with Gasteiger partial charge in [-0.15, -0.1) is 0 Å². The summed E-state index contributed by atoms with van der Waals surface area (Å²) in [6.45, 7) is 0.385. The molecule has 1 saturated carbocycles. The third-order valence-electron chi connectivity index (χ3n) is 3.74. The molecule has 2 amide bonds. The number of amides is 2. The van der Waals surface area contributed by atoms with Crippen LogP contribution < -0.4 is 11.5 Å². The summed E-state index contributed by atoms with van der Waals surface area (Å²) >= 11 is 7.26. The van der Waals surface area contributed by atoms with Crippen LogP contribution in [0.15, 0.2) is 24.3 Å². The van der Waals surface area contributed by atoms with Crippen molar-refractivity contribution < 1.29 is 9.59 Å². The highest BCUT2D eigenvalue weighted by atomic mass is 35.5. The molecule has 1 heterocycles. The van der Waals surface area contributed by atoms with Gasteiger partial charge in [-0.3, -0.25) is 9.59 Å². The molecule has 4 N–H and O–H groups in total. The molecule has 126 valence electrons. The van der Waals surface area contributed by atoms with Gasteiger partial charge in [0.2, 0.25) is 5.91 Å². The minimum atomic E-state index is -0.545. The molecule has 0 aliphatic heterocycles. The number of benzene rings is 1. The average molecular weight is 365 g/mol. The standard InChI is InChI=1S/C16H17ClN4O2S/c17-11-3-1-2-10(6-11)14-13(20-16(19)24-14)15(23)21(8-12(18)22)7-9-4-5-9/h1-3,6,9H,4-5,7-8H2,(H2,18,22)(H2,19,20). The normalized spacial score (nSPS) is 13.7. The van der Waals surface area contributed by atoms with E-state index < -0.39 is 5.91 Å². The third-order valence-corrected chi connectivity index (χ3v) is 4.91. The third kappa shape index (κ3) is 3.85. The van der Waals surface area contributed by atoms with Crippen LogP contribution in [0.1, 0.15) is 23.3 Å². The first-order chi connectivity index (χ1) is 11.4. The van der Waals surface area contributed by atoms with Gasteiger partial charge in [-0.2, -0.15) is 0 Å². The summed E-state index contributed by atoms with van der Waals surface area (Å²) in [4.78, 5) is 30.5. The Morgan fingerprint density at radius 3 is 2.75 bits per heavy atom. The van der Waals surface area contributed by atoms with Gasteiger partial charge in [-0.05, 0) is 36.5 Å². The molecule has 1 aliphatic carbocycles.